The smallest absolute Gasteiger partial charge is 0.174 e. The van der Waals surface area contributed by atoms with Gasteiger partial charge in [-0.1, -0.05) is 0 Å². The van der Waals surface area contributed by atoms with E-state index in [0.29, 0.717) is 10.3 Å². The number of pyridine rings is 1. The Bertz CT molecular complexity index is 396. The molecule has 0 aromatic carbocycles. The Hall–Kier alpha value is -0.900. The van der Waals surface area contributed by atoms with Gasteiger partial charge in [-0.25, -0.2) is 9.37 Å². The van der Waals surface area contributed by atoms with Crippen molar-refractivity contribution in [1.82, 2.24) is 9.38 Å². The Balaban J connectivity index is 2.90. The van der Waals surface area contributed by atoms with Crippen LogP contribution in [-0.2, 0) is 0 Å². The van der Waals surface area contributed by atoms with Crippen molar-refractivity contribution in [2.75, 3.05) is 0 Å². The molecule has 0 aliphatic rings. The van der Waals surface area contributed by atoms with Gasteiger partial charge in [0.15, 0.2) is 11.5 Å². The highest BCUT2D eigenvalue weighted by Gasteiger charge is 2.01. The zero-order chi connectivity index (χ0) is 7.84. The van der Waals surface area contributed by atoms with E-state index in [0.717, 1.165) is 0 Å². The molecule has 4 heteroatoms. The van der Waals surface area contributed by atoms with E-state index >= 15 is 0 Å². The molecule has 0 bridgehead atoms. The van der Waals surface area contributed by atoms with Gasteiger partial charge in [0, 0.05) is 12.4 Å². The predicted molar refractivity (Wildman–Crippen MR) is 42.9 cm³/mol. The molecule has 0 amide bonds. The zero-order valence-electron chi connectivity index (χ0n) is 5.46. The van der Waals surface area contributed by atoms with Crippen molar-refractivity contribution in [1.29, 1.82) is 0 Å². The van der Waals surface area contributed by atoms with Crippen LogP contribution in [0.5, 0.6) is 0 Å². The Morgan fingerprint density at radius 3 is 3.09 bits per heavy atom. The van der Waals surface area contributed by atoms with E-state index in [4.69, 9.17) is 0 Å². The van der Waals surface area contributed by atoms with Crippen molar-refractivity contribution in [3.63, 3.8) is 0 Å². The van der Waals surface area contributed by atoms with Crippen LogP contribution in [0, 0.1) is 5.82 Å². The van der Waals surface area contributed by atoms with Gasteiger partial charge in [0.1, 0.15) is 4.60 Å². The van der Waals surface area contributed by atoms with Crippen LogP contribution in [0.25, 0.3) is 5.65 Å². The Morgan fingerprint density at radius 2 is 2.36 bits per heavy atom. The topological polar surface area (TPSA) is 17.3 Å². The van der Waals surface area contributed by atoms with Gasteiger partial charge in [-0.15, -0.1) is 0 Å². The number of imidazole rings is 1. The van der Waals surface area contributed by atoms with E-state index in [9.17, 15) is 4.39 Å². The first-order chi connectivity index (χ1) is 5.27. The molecule has 0 fully saturated rings. The zero-order valence-corrected chi connectivity index (χ0v) is 7.05. The van der Waals surface area contributed by atoms with Gasteiger partial charge in [-0.2, -0.15) is 0 Å². The Morgan fingerprint density at radius 1 is 1.55 bits per heavy atom. The summed E-state index contributed by atoms with van der Waals surface area (Å²) in [6.07, 6.45) is 3.45. The van der Waals surface area contributed by atoms with Crippen molar-refractivity contribution < 1.29 is 4.39 Å². The highest BCUT2D eigenvalue weighted by Crippen LogP contribution is 2.12. The minimum absolute atomic E-state index is 0.307. The molecular formula is C7H4BrFN2. The fraction of sp³-hybridized carbons (Fsp3) is 0. The fourth-order valence-electron chi connectivity index (χ4n) is 0.949. The molecule has 2 rings (SSSR count). The summed E-state index contributed by atoms with van der Waals surface area (Å²) in [5.41, 5.74) is 0.347. The molecule has 0 unspecified atom stereocenters. The van der Waals surface area contributed by atoms with Crippen molar-refractivity contribution in [2.45, 2.75) is 0 Å². The number of hydrogen-bond acceptors (Lipinski definition) is 1. The third-order valence-corrected chi connectivity index (χ3v) is 1.79. The summed E-state index contributed by atoms with van der Waals surface area (Å²) in [5.74, 6) is -0.307. The second-order valence-electron chi connectivity index (χ2n) is 2.15. The first-order valence-corrected chi connectivity index (χ1v) is 3.85. The molecule has 56 valence electrons. The van der Waals surface area contributed by atoms with Gasteiger partial charge in [-0.05, 0) is 28.1 Å². The minimum atomic E-state index is -0.307. The molecule has 0 saturated carbocycles. The SMILES string of the molecule is Fc1cccn2cc(Br)nc12. The molecule has 0 radical (unpaired) electrons. The second kappa shape index (κ2) is 2.30. The van der Waals surface area contributed by atoms with Crippen LogP contribution in [0.3, 0.4) is 0 Å². The molecule has 2 nitrogen and oxygen atoms in total. The summed E-state index contributed by atoms with van der Waals surface area (Å²) in [4.78, 5) is 3.92. The highest BCUT2D eigenvalue weighted by molar-refractivity contribution is 9.10. The fourth-order valence-corrected chi connectivity index (χ4v) is 1.34. The van der Waals surface area contributed by atoms with Gasteiger partial charge in [-0.3, -0.25) is 0 Å². The summed E-state index contributed by atoms with van der Waals surface area (Å²) in [7, 11) is 0. The molecule has 0 spiro atoms. The quantitative estimate of drug-likeness (QED) is 0.658. The molecule has 2 aromatic heterocycles. The van der Waals surface area contributed by atoms with E-state index in [1.165, 1.54) is 6.07 Å². The standard InChI is InChI=1S/C7H4BrFN2/c8-6-4-11-3-1-2-5(9)7(11)10-6/h1-4H. The van der Waals surface area contributed by atoms with Crippen molar-refractivity contribution in [3.8, 4) is 0 Å². The maximum absolute atomic E-state index is 12.9. The third-order valence-electron chi connectivity index (χ3n) is 1.41. The lowest BCUT2D eigenvalue weighted by atomic mass is 10.4. The molecule has 0 N–H and O–H groups in total. The molecular weight excluding hydrogens is 211 g/mol. The number of halogens is 2. The molecule has 0 saturated heterocycles. The lowest BCUT2D eigenvalue weighted by Gasteiger charge is -1.90. The summed E-state index contributed by atoms with van der Waals surface area (Å²) < 4.78 is 15.2. The van der Waals surface area contributed by atoms with Gasteiger partial charge in [0.25, 0.3) is 0 Å². The molecule has 0 atom stereocenters. The van der Waals surface area contributed by atoms with Crippen LogP contribution in [-0.4, -0.2) is 9.38 Å². The van der Waals surface area contributed by atoms with Crippen molar-refractivity contribution in [3.05, 3.63) is 34.9 Å². The molecule has 2 heterocycles. The minimum Gasteiger partial charge on any atom is -0.303 e. The normalized spacial score (nSPS) is 10.7. The van der Waals surface area contributed by atoms with Crippen LogP contribution in [0.1, 0.15) is 0 Å². The molecule has 0 aliphatic carbocycles. The van der Waals surface area contributed by atoms with E-state index in [1.807, 2.05) is 0 Å². The van der Waals surface area contributed by atoms with Crippen LogP contribution in [0.2, 0.25) is 0 Å². The second-order valence-corrected chi connectivity index (χ2v) is 2.96. The van der Waals surface area contributed by atoms with Gasteiger partial charge in [0.05, 0.1) is 0 Å². The number of aromatic nitrogens is 2. The summed E-state index contributed by atoms with van der Waals surface area (Å²) in [6, 6.07) is 3.02. The number of rotatable bonds is 0. The van der Waals surface area contributed by atoms with Gasteiger partial charge < -0.3 is 4.40 Å². The molecule has 2 aromatic rings. The van der Waals surface area contributed by atoms with E-state index < -0.39 is 0 Å². The van der Waals surface area contributed by atoms with Crippen molar-refractivity contribution >= 4 is 21.6 Å². The average molecular weight is 215 g/mol. The number of hydrogen-bond donors (Lipinski definition) is 0. The van der Waals surface area contributed by atoms with Crippen LogP contribution < -0.4 is 0 Å². The van der Waals surface area contributed by atoms with E-state index in [-0.39, 0.29) is 5.82 Å². The lowest BCUT2D eigenvalue weighted by Crippen LogP contribution is -1.84. The largest absolute Gasteiger partial charge is 0.303 e. The lowest BCUT2D eigenvalue weighted by molar-refractivity contribution is 0.630. The summed E-state index contributed by atoms with van der Waals surface area (Å²) in [6.45, 7) is 0. The van der Waals surface area contributed by atoms with E-state index in [1.54, 1.807) is 22.9 Å². The average Bonchev–Trinajstić information content (AvgIpc) is 2.31. The Kier molecular flexibility index (Phi) is 1.42. The van der Waals surface area contributed by atoms with Crippen LogP contribution >= 0.6 is 15.9 Å². The van der Waals surface area contributed by atoms with Crippen molar-refractivity contribution in [2.24, 2.45) is 0 Å². The maximum atomic E-state index is 12.9. The predicted octanol–water partition coefficient (Wildman–Crippen LogP) is 2.24. The highest BCUT2D eigenvalue weighted by atomic mass is 79.9. The summed E-state index contributed by atoms with van der Waals surface area (Å²) >= 11 is 3.16. The monoisotopic (exact) mass is 214 g/mol. The van der Waals surface area contributed by atoms with Crippen LogP contribution in [0.4, 0.5) is 4.39 Å². The number of nitrogens with zero attached hydrogens (tertiary/aromatic N) is 2. The van der Waals surface area contributed by atoms with Gasteiger partial charge in [0.2, 0.25) is 0 Å². The number of fused-ring (bicyclic) bond motifs is 1. The first kappa shape index (κ1) is 6.79. The summed E-state index contributed by atoms with van der Waals surface area (Å²) in [5, 5.41) is 0. The maximum Gasteiger partial charge on any atom is 0.174 e. The molecule has 11 heavy (non-hydrogen) atoms. The first-order valence-electron chi connectivity index (χ1n) is 3.06. The van der Waals surface area contributed by atoms with Crippen LogP contribution in [0.15, 0.2) is 29.1 Å². The third kappa shape index (κ3) is 1.03. The molecule has 0 aliphatic heterocycles. The Labute approximate surface area is 70.8 Å². The van der Waals surface area contributed by atoms with Gasteiger partial charge >= 0.3 is 0 Å². The van der Waals surface area contributed by atoms with E-state index in [2.05, 4.69) is 20.9 Å².